The van der Waals surface area contributed by atoms with Gasteiger partial charge in [0.05, 0.1) is 39.0 Å². The van der Waals surface area contributed by atoms with Crippen LogP contribution in [0, 0.1) is 28.7 Å². The number of methoxy groups -OCH3 is 1. The summed E-state index contributed by atoms with van der Waals surface area (Å²) in [6, 6.07) is 10.0. The number of hydrogen-bond acceptors (Lipinski definition) is 11. The van der Waals surface area contributed by atoms with Gasteiger partial charge in [0, 0.05) is 52.2 Å². The lowest BCUT2D eigenvalue weighted by molar-refractivity contribution is -0.758. The van der Waals surface area contributed by atoms with Crippen molar-refractivity contribution in [2.45, 2.75) is 63.7 Å². The summed E-state index contributed by atoms with van der Waals surface area (Å²) in [5, 5.41) is 9.04. The molecule has 2 aromatic carbocycles. The number of fused-ring (bicyclic) bond motifs is 2. The first kappa shape index (κ1) is 41.8. The van der Waals surface area contributed by atoms with Gasteiger partial charge in [0.25, 0.3) is 11.0 Å². The molecule has 1 saturated heterocycles. The highest BCUT2D eigenvalue weighted by Gasteiger charge is 2.49. The fraction of sp³-hybridized carbons (Fsp3) is 0.462. The highest BCUT2D eigenvalue weighted by atomic mass is 35.5. The molecule has 2 aliphatic heterocycles. The van der Waals surface area contributed by atoms with Gasteiger partial charge in [-0.25, -0.2) is 18.6 Å². The first-order valence-corrected chi connectivity index (χ1v) is 20.4. The standard InChI is InChI=1S/C39H43ClF2N4O10S/c1-24-27(13-14-43-37(24)52-2)21-44(28-9-10-28)38(47)34-30(26-7-5-25(6-8-26)4-3-15-54-36-32(42)12-11-31(41)35(36)40)20-29-22-57(51)23-33(34)45(29)39(48)55-18-16-53-17-19-56-46(49)50/h5-8,11-14,28-29,33H,3-4,9-10,15-23H2,1-2H3. The topological polar surface area (TPSA) is 160 Å². The van der Waals surface area contributed by atoms with Crippen molar-refractivity contribution >= 4 is 40.0 Å². The molecule has 18 heteroatoms. The monoisotopic (exact) mass is 832 g/mol. The molecule has 0 spiro atoms. The van der Waals surface area contributed by atoms with Crippen LogP contribution in [0.5, 0.6) is 11.6 Å². The van der Waals surface area contributed by atoms with Gasteiger partial charge in [-0.1, -0.05) is 35.9 Å². The maximum absolute atomic E-state index is 15.0. The van der Waals surface area contributed by atoms with E-state index in [4.69, 9.17) is 30.5 Å². The van der Waals surface area contributed by atoms with Crippen molar-refractivity contribution in [1.82, 2.24) is 14.8 Å². The van der Waals surface area contributed by atoms with E-state index in [-0.39, 0.29) is 75.2 Å². The van der Waals surface area contributed by atoms with Gasteiger partial charge in [-0.2, -0.15) is 0 Å². The van der Waals surface area contributed by atoms with E-state index in [1.807, 2.05) is 42.2 Å². The molecule has 2 bridgehead atoms. The van der Waals surface area contributed by atoms with Crippen molar-refractivity contribution < 1.29 is 51.5 Å². The van der Waals surface area contributed by atoms with Crippen LogP contribution in [0.4, 0.5) is 13.6 Å². The highest BCUT2D eigenvalue weighted by Crippen LogP contribution is 2.42. The summed E-state index contributed by atoms with van der Waals surface area (Å²) in [5.74, 6) is -1.42. The van der Waals surface area contributed by atoms with Crippen LogP contribution in [0.1, 0.15) is 47.9 Å². The third-order valence-corrected chi connectivity index (χ3v) is 11.9. The van der Waals surface area contributed by atoms with Gasteiger partial charge in [-0.15, -0.1) is 10.1 Å². The van der Waals surface area contributed by atoms with Crippen molar-refractivity contribution in [2.75, 3.05) is 51.6 Å². The van der Waals surface area contributed by atoms with Crippen LogP contribution in [0.3, 0.4) is 0 Å². The summed E-state index contributed by atoms with van der Waals surface area (Å²) in [6.07, 6.45) is 3.87. The van der Waals surface area contributed by atoms with E-state index in [2.05, 4.69) is 9.82 Å². The lowest BCUT2D eigenvalue weighted by Gasteiger charge is -2.47. The van der Waals surface area contributed by atoms with Crippen LogP contribution in [-0.2, 0) is 42.9 Å². The zero-order chi connectivity index (χ0) is 40.6. The second-order valence-corrected chi connectivity index (χ2v) is 15.7. The summed E-state index contributed by atoms with van der Waals surface area (Å²) in [4.78, 5) is 51.0. The molecule has 3 aromatic rings. The predicted molar refractivity (Wildman–Crippen MR) is 205 cm³/mol. The first-order valence-electron chi connectivity index (χ1n) is 18.5. The fourth-order valence-electron chi connectivity index (χ4n) is 7.14. The lowest BCUT2D eigenvalue weighted by atomic mass is 9.84. The number of carbonyl (C=O) groups excluding carboxylic acids is 2. The van der Waals surface area contributed by atoms with Crippen LogP contribution in [-0.4, -0.2) is 106 Å². The number of halogens is 3. The van der Waals surface area contributed by atoms with E-state index < -0.39 is 50.7 Å². The number of pyridine rings is 1. The van der Waals surface area contributed by atoms with Gasteiger partial charge in [0.1, 0.15) is 24.1 Å². The molecule has 14 nitrogen and oxygen atoms in total. The Bertz CT molecular complexity index is 2020. The molecule has 306 valence electrons. The molecule has 3 heterocycles. The summed E-state index contributed by atoms with van der Waals surface area (Å²) < 4.78 is 63.1. The van der Waals surface area contributed by atoms with E-state index in [9.17, 15) is 27.9 Å². The molecular formula is C39H43ClF2N4O10S. The summed E-state index contributed by atoms with van der Waals surface area (Å²) in [5.41, 5.74) is 4.53. The third kappa shape index (κ3) is 10.2. The Morgan fingerprint density at radius 1 is 1.04 bits per heavy atom. The maximum atomic E-state index is 15.0. The maximum Gasteiger partial charge on any atom is 0.410 e. The minimum absolute atomic E-state index is 0.0335. The molecule has 2 fully saturated rings. The average Bonchev–Trinajstić information content (AvgIpc) is 4.03. The minimum Gasteiger partial charge on any atom is -0.489 e. The number of aryl methyl sites for hydroxylation is 1. The van der Waals surface area contributed by atoms with Crippen LogP contribution in [0.15, 0.2) is 54.2 Å². The molecule has 3 aliphatic rings. The molecule has 1 aromatic heterocycles. The third-order valence-electron chi connectivity index (χ3n) is 10.1. The fourth-order valence-corrected chi connectivity index (χ4v) is 8.87. The van der Waals surface area contributed by atoms with Gasteiger partial charge in [0.15, 0.2) is 11.6 Å². The van der Waals surface area contributed by atoms with Gasteiger partial charge >= 0.3 is 6.09 Å². The SMILES string of the molecule is COc1nccc(CN(C(=O)C2=C(c3ccc(CCCOc4c(F)ccc(F)c4Cl)cc3)CC3CS(=O)CC2N3C(=O)OCCOCCO[N+](=O)[O-])C2CC2)c1C. The first-order chi connectivity index (χ1) is 27.5. The van der Waals surface area contributed by atoms with E-state index >= 15 is 4.79 Å². The molecule has 57 heavy (non-hydrogen) atoms. The Hall–Kier alpha value is -4.87. The number of amides is 2. The lowest BCUT2D eigenvalue weighted by Crippen LogP contribution is -2.60. The van der Waals surface area contributed by atoms with Crippen molar-refractivity contribution in [1.29, 1.82) is 0 Å². The summed E-state index contributed by atoms with van der Waals surface area (Å²) >= 11 is 5.89. The van der Waals surface area contributed by atoms with Crippen LogP contribution < -0.4 is 9.47 Å². The molecule has 1 saturated carbocycles. The Kier molecular flexibility index (Phi) is 14.0. The number of benzene rings is 2. The Balaban J connectivity index is 1.25. The number of carbonyl (C=O) groups is 2. The molecular weight excluding hydrogens is 790 g/mol. The van der Waals surface area contributed by atoms with Crippen molar-refractivity contribution in [3.8, 4) is 11.6 Å². The smallest absolute Gasteiger partial charge is 0.410 e. The van der Waals surface area contributed by atoms with Crippen LogP contribution >= 0.6 is 11.6 Å². The van der Waals surface area contributed by atoms with Gasteiger partial charge < -0.3 is 28.7 Å². The average molecular weight is 833 g/mol. The molecule has 1 aliphatic carbocycles. The second kappa shape index (κ2) is 19.0. The highest BCUT2D eigenvalue weighted by molar-refractivity contribution is 7.85. The molecule has 0 radical (unpaired) electrons. The number of nitrogens with zero attached hydrogens (tertiary/aromatic N) is 4. The zero-order valence-corrected chi connectivity index (χ0v) is 33.0. The second-order valence-electron chi connectivity index (χ2n) is 13.8. The largest absolute Gasteiger partial charge is 0.489 e. The summed E-state index contributed by atoms with van der Waals surface area (Å²) in [6.45, 7) is 1.73. The Labute approximate surface area is 335 Å². The van der Waals surface area contributed by atoms with E-state index in [1.54, 1.807) is 6.20 Å². The molecule has 3 atom stereocenters. The van der Waals surface area contributed by atoms with E-state index in [1.165, 1.54) is 12.0 Å². The quantitative estimate of drug-likeness (QED) is 0.0655. The van der Waals surface area contributed by atoms with Crippen molar-refractivity contribution in [2.24, 2.45) is 0 Å². The predicted octanol–water partition coefficient (Wildman–Crippen LogP) is 5.85. The van der Waals surface area contributed by atoms with Gasteiger partial charge in [-0.05, 0) is 79.5 Å². The van der Waals surface area contributed by atoms with Gasteiger partial charge in [-0.3, -0.25) is 13.9 Å². The number of aromatic nitrogens is 1. The molecule has 3 unspecified atom stereocenters. The minimum atomic E-state index is -1.33. The van der Waals surface area contributed by atoms with Crippen LogP contribution in [0.25, 0.3) is 5.57 Å². The number of ether oxygens (including phenoxy) is 4. The molecule has 6 rings (SSSR count). The normalized spacial score (nSPS) is 18.9. The zero-order valence-electron chi connectivity index (χ0n) is 31.5. The molecule has 2 amide bonds. The van der Waals surface area contributed by atoms with Crippen molar-refractivity contribution in [3.05, 3.63) is 103 Å². The Morgan fingerprint density at radius 3 is 2.49 bits per heavy atom. The van der Waals surface area contributed by atoms with Crippen molar-refractivity contribution in [3.63, 3.8) is 0 Å². The van der Waals surface area contributed by atoms with Crippen LogP contribution in [0.2, 0.25) is 5.02 Å². The van der Waals surface area contributed by atoms with E-state index in [0.717, 1.165) is 52.8 Å². The van der Waals surface area contributed by atoms with E-state index in [0.29, 0.717) is 24.3 Å². The summed E-state index contributed by atoms with van der Waals surface area (Å²) in [7, 11) is 0.209. The van der Waals surface area contributed by atoms with Gasteiger partial charge in [0.2, 0.25) is 5.88 Å². The number of hydrogen-bond donors (Lipinski definition) is 0. The number of rotatable bonds is 18. The molecule has 0 N–H and O–H groups in total. The Morgan fingerprint density at radius 2 is 1.77 bits per heavy atom.